The van der Waals surface area contributed by atoms with Crippen molar-refractivity contribution in [1.29, 1.82) is 0 Å². The molecule has 0 spiro atoms. The summed E-state index contributed by atoms with van der Waals surface area (Å²) in [6, 6.07) is 6.85. The first kappa shape index (κ1) is 19.4. The minimum atomic E-state index is -3.98. The number of amides is 1. The van der Waals surface area contributed by atoms with Crippen LogP contribution in [0.4, 0.5) is 5.69 Å². The van der Waals surface area contributed by atoms with Crippen LogP contribution in [-0.2, 0) is 10.0 Å². The van der Waals surface area contributed by atoms with Crippen molar-refractivity contribution >= 4 is 49.1 Å². The molecule has 0 aliphatic carbocycles. The van der Waals surface area contributed by atoms with Crippen LogP contribution in [0.5, 0.6) is 11.5 Å². The summed E-state index contributed by atoms with van der Waals surface area (Å²) in [6.45, 7) is 0. The first-order chi connectivity index (χ1) is 11.7. The molecule has 0 unspecified atom stereocenters. The largest absolute Gasteiger partial charge is 0.493 e. The maximum atomic E-state index is 12.7. The summed E-state index contributed by atoms with van der Waals surface area (Å²) in [4.78, 5) is 11.3. The van der Waals surface area contributed by atoms with Gasteiger partial charge in [0.25, 0.3) is 10.0 Å². The van der Waals surface area contributed by atoms with Crippen LogP contribution in [0.25, 0.3) is 0 Å². The number of ether oxygens (including phenoxy) is 2. The van der Waals surface area contributed by atoms with E-state index in [2.05, 4.69) is 20.7 Å². The zero-order chi connectivity index (χ0) is 18.8. The van der Waals surface area contributed by atoms with E-state index in [-0.39, 0.29) is 31.4 Å². The van der Waals surface area contributed by atoms with Crippen LogP contribution < -0.4 is 19.9 Å². The minimum absolute atomic E-state index is 0.00763. The Hall–Kier alpha value is -1.97. The van der Waals surface area contributed by atoms with Gasteiger partial charge < -0.3 is 15.2 Å². The zero-order valence-corrected chi connectivity index (χ0v) is 16.3. The van der Waals surface area contributed by atoms with Gasteiger partial charge in [-0.2, -0.15) is 0 Å². The number of methoxy groups -OCH3 is 2. The molecule has 7 nitrogen and oxygen atoms in total. The molecule has 0 fully saturated rings. The summed E-state index contributed by atoms with van der Waals surface area (Å²) >= 11 is 9.06. The summed E-state index contributed by atoms with van der Waals surface area (Å²) in [5.41, 5.74) is 5.36. The molecule has 0 saturated heterocycles. The van der Waals surface area contributed by atoms with Crippen LogP contribution in [0.2, 0.25) is 5.02 Å². The number of hydrogen-bond acceptors (Lipinski definition) is 5. The van der Waals surface area contributed by atoms with Crippen molar-refractivity contribution in [2.75, 3.05) is 18.9 Å². The van der Waals surface area contributed by atoms with Crippen LogP contribution in [0, 0.1) is 0 Å². The molecule has 10 heteroatoms. The number of carbonyl (C=O) groups excluding carboxylic acids is 1. The second kappa shape index (κ2) is 7.51. The number of benzene rings is 2. The molecular formula is C15H14BrClN2O5S. The Morgan fingerprint density at radius 3 is 2.32 bits per heavy atom. The van der Waals surface area contributed by atoms with Gasteiger partial charge in [0.05, 0.1) is 24.8 Å². The summed E-state index contributed by atoms with van der Waals surface area (Å²) < 4.78 is 38.2. The first-order valence-corrected chi connectivity index (χ1v) is 9.38. The molecule has 0 aliphatic rings. The number of anilines is 1. The van der Waals surface area contributed by atoms with Gasteiger partial charge in [-0.15, -0.1) is 0 Å². The molecule has 0 saturated carbocycles. The Kier molecular flexibility index (Phi) is 5.81. The van der Waals surface area contributed by atoms with Gasteiger partial charge in [0.2, 0.25) is 5.91 Å². The summed E-state index contributed by atoms with van der Waals surface area (Å²) in [5, 5.41) is 0.128. The summed E-state index contributed by atoms with van der Waals surface area (Å²) in [7, 11) is -1.15. The highest BCUT2D eigenvalue weighted by Crippen LogP contribution is 2.36. The number of nitrogens with one attached hydrogen (secondary N) is 1. The lowest BCUT2D eigenvalue weighted by Crippen LogP contribution is -2.16. The Labute approximate surface area is 158 Å². The lowest BCUT2D eigenvalue weighted by Gasteiger charge is -2.14. The molecule has 2 rings (SSSR count). The van der Waals surface area contributed by atoms with Crippen LogP contribution in [0.3, 0.4) is 0 Å². The van der Waals surface area contributed by atoms with Crippen molar-refractivity contribution in [1.82, 2.24) is 0 Å². The standard InChI is InChI=1S/C15H14BrClN2O5S/c1-23-12-6-10(16)14(7-13(12)24-2)25(21,22)19-8-3-4-11(17)9(5-8)15(18)20/h3-7,19H,1-2H3,(H2,18,20). The van der Waals surface area contributed by atoms with Gasteiger partial charge in [0.1, 0.15) is 4.90 Å². The van der Waals surface area contributed by atoms with Crippen molar-refractivity contribution in [2.24, 2.45) is 5.73 Å². The van der Waals surface area contributed by atoms with Gasteiger partial charge >= 0.3 is 0 Å². The predicted molar refractivity (Wildman–Crippen MR) is 98.0 cm³/mol. The van der Waals surface area contributed by atoms with Crippen molar-refractivity contribution in [2.45, 2.75) is 4.90 Å². The number of hydrogen-bond donors (Lipinski definition) is 2. The molecule has 0 bridgehead atoms. The monoisotopic (exact) mass is 448 g/mol. The topological polar surface area (TPSA) is 108 Å². The molecule has 3 N–H and O–H groups in total. The fraction of sp³-hybridized carbons (Fsp3) is 0.133. The lowest BCUT2D eigenvalue weighted by molar-refractivity contribution is 0.100. The minimum Gasteiger partial charge on any atom is -0.493 e. The van der Waals surface area contributed by atoms with Gasteiger partial charge in [-0.1, -0.05) is 11.6 Å². The van der Waals surface area contributed by atoms with Gasteiger partial charge in [0, 0.05) is 16.2 Å². The second-order valence-electron chi connectivity index (χ2n) is 4.80. The molecular weight excluding hydrogens is 436 g/mol. The van der Waals surface area contributed by atoms with Crippen LogP contribution in [0.1, 0.15) is 10.4 Å². The molecule has 1 amide bonds. The van der Waals surface area contributed by atoms with Gasteiger partial charge in [0.15, 0.2) is 11.5 Å². The first-order valence-electron chi connectivity index (χ1n) is 6.73. The molecule has 0 heterocycles. The van der Waals surface area contributed by atoms with E-state index >= 15 is 0 Å². The summed E-state index contributed by atoms with van der Waals surface area (Å²) in [6.07, 6.45) is 0. The van der Waals surface area contributed by atoms with Crippen molar-refractivity contribution in [3.05, 3.63) is 45.4 Å². The highest BCUT2D eigenvalue weighted by molar-refractivity contribution is 9.10. The fourth-order valence-corrected chi connectivity index (χ4v) is 4.33. The number of primary amides is 1. The molecule has 134 valence electrons. The third-order valence-electron chi connectivity index (χ3n) is 3.21. The van der Waals surface area contributed by atoms with Crippen LogP contribution in [0.15, 0.2) is 39.7 Å². The van der Waals surface area contributed by atoms with E-state index in [1.165, 1.54) is 44.6 Å². The molecule has 0 radical (unpaired) electrons. The van der Waals surface area contributed by atoms with Crippen molar-refractivity contribution in [3.63, 3.8) is 0 Å². The quantitative estimate of drug-likeness (QED) is 0.705. The number of rotatable bonds is 6. The molecule has 0 aliphatic heterocycles. The van der Waals surface area contributed by atoms with Crippen LogP contribution in [-0.4, -0.2) is 28.5 Å². The Bertz CT molecular complexity index is 934. The van der Waals surface area contributed by atoms with Gasteiger partial charge in [-0.05, 0) is 40.2 Å². The van der Waals surface area contributed by atoms with Gasteiger partial charge in [-0.25, -0.2) is 8.42 Å². The second-order valence-corrected chi connectivity index (χ2v) is 7.71. The van der Waals surface area contributed by atoms with E-state index in [0.29, 0.717) is 5.75 Å². The SMILES string of the molecule is COc1cc(Br)c(S(=O)(=O)Nc2ccc(Cl)c(C(N)=O)c2)cc1OC. The Morgan fingerprint density at radius 2 is 1.76 bits per heavy atom. The Morgan fingerprint density at radius 1 is 1.16 bits per heavy atom. The van der Waals surface area contributed by atoms with Crippen LogP contribution >= 0.6 is 27.5 Å². The third kappa shape index (κ3) is 4.17. The third-order valence-corrected chi connectivity index (χ3v) is 5.88. The highest BCUT2D eigenvalue weighted by atomic mass is 79.9. The molecule has 2 aromatic rings. The average molecular weight is 450 g/mol. The lowest BCUT2D eigenvalue weighted by atomic mass is 10.2. The average Bonchev–Trinajstić information content (AvgIpc) is 2.55. The van der Waals surface area contributed by atoms with Crippen molar-refractivity contribution in [3.8, 4) is 11.5 Å². The zero-order valence-electron chi connectivity index (χ0n) is 13.2. The summed E-state index contributed by atoms with van der Waals surface area (Å²) in [5.74, 6) is -0.144. The smallest absolute Gasteiger partial charge is 0.263 e. The van der Waals surface area contributed by atoms with E-state index < -0.39 is 15.9 Å². The van der Waals surface area contributed by atoms with E-state index in [1.807, 2.05) is 0 Å². The van der Waals surface area contributed by atoms with E-state index in [4.69, 9.17) is 26.8 Å². The fourth-order valence-electron chi connectivity index (χ4n) is 2.03. The van der Waals surface area contributed by atoms with E-state index in [9.17, 15) is 13.2 Å². The normalized spacial score (nSPS) is 11.0. The number of carbonyl (C=O) groups is 1. The number of halogens is 2. The Balaban J connectivity index is 2.47. The van der Waals surface area contributed by atoms with E-state index in [0.717, 1.165) is 0 Å². The van der Waals surface area contributed by atoms with Gasteiger partial charge in [-0.3, -0.25) is 9.52 Å². The van der Waals surface area contributed by atoms with Crippen molar-refractivity contribution < 1.29 is 22.7 Å². The molecule has 0 atom stereocenters. The number of sulfonamides is 1. The maximum Gasteiger partial charge on any atom is 0.263 e. The highest BCUT2D eigenvalue weighted by Gasteiger charge is 2.22. The molecule has 25 heavy (non-hydrogen) atoms. The number of nitrogens with two attached hydrogens (primary N) is 1. The van der Waals surface area contributed by atoms with E-state index in [1.54, 1.807) is 0 Å². The molecule has 2 aromatic carbocycles. The maximum absolute atomic E-state index is 12.7. The molecule has 0 aromatic heterocycles. The predicted octanol–water partition coefficient (Wildman–Crippen LogP) is 3.02.